The maximum atomic E-state index is 9.96. The molecule has 0 aliphatic heterocycles. The van der Waals surface area contributed by atoms with Crippen LogP contribution >= 0.6 is 0 Å². The summed E-state index contributed by atoms with van der Waals surface area (Å²) in [6.45, 7) is 0. The van der Waals surface area contributed by atoms with Crippen molar-refractivity contribution in [3.05, 3.63) is 42.3 Å². The van der Waals surface area contributed by atoms with Crippen LogP contribution in [0, 0.1) is 12.3 Å². The molecule has 0 spiro atoms. The Balaban J connectivity index is 1.64. The summed E-state index contributed by atoms with van der Waals surface area (Å²) in [4.78, 5) is 0. The summed E-state index contributed by atoms with van der Waals surface area (Å²) >= 11 is 0. The summed E-state index contributed by atoms with van der Waals surface area (Å²) in [6.07, 6.45) is 5.73. The highest BCUT2D eigenvalue weighted by atomic mass is 16.5. The molecule has 3 nitrogen and oxygen atoms in total. The molecule has 1 aromatic carbocycles. The van der Waals surface area contributed by atoms with E-state index in [1.165, 1.54) is 5.56 Å². The Morgan fingerprint density at radius 2 is 1.89 bits per heavy atom. The van der Waals surface area contributed by atoms with Crippen molar-refractivity contribution in [3.8, 4) is 0 Å². The lowest BCUT2D eigenvalue weighted by Gasteiger charge is -2.16. The van der Waals surface area contributed by atoms with E-state index in [2.05, 4.69) is 12.1 Å². The summed E-state index contributed by atoms with van der Waals surface area (Å²) in [6, 6.07) is 10.2. The number of rotatable bonds is 6. The van der Waals surface area contributed by atoms with Crippen LogP contribution in [-0.2, 0) is 6.42 Å². The topological polar surface area (TPSA) is 60.7 Å². The zero-order valence-electron chi connectivity index (χ0n) is 11.2. The van der Waals surface area contributed by atoms with E-state index in [0.717, 1.165) is 32.1 Å². The second-order valence-corrected chi connectivity index (χ2v) is 5.60. The summed E-state index contributed by atoms with van der Waals surface area (Å²) < 4.78 is 0. The van der Waals surface area contributed by atoms with Crippen LogP contribution in [0.1, 0.15) is 37.7 Å². The van der Waals surface area contributed by atoms with Gasteiger partial charge in [-0.15, -0.1) is 0 Å². The first-order valence-electron chi connectivity index (χ1n) is 7.08. The molecular formula is C16H23O3. The van der Waals surface area contributed by atoms with E-state index < -0.39 is 5.79 Å². The van der Waals surface area contributed by atoms with Crippen molar-refractivity contribution in [3.63, 3.8) is 0 Å². The third-order valence-corrected chi connectivity index (χ3v) is 3.87. The average Bonchev–Trinajstić information content (AvgIpc) is 2.75. The Labute approximate surface area is 114 Å². The first-order valence-corrected chi connectivity index (χ1v) is 7.08. The third kappa shape index (κ3) is 4.94. The Bertz CT molecular complexity index is 375. The standard InChI is InChI=1S/C16H23O3/c17-15(8-6-13-4-2-1-3-5-13)9-7-14-10-11-16(18,19)12-14/h1-5,12,14-15,17-19H,6-11H2/t14?,15-/m0/s1. The van der Waals surface area contributed by atoms with Gasteiger partial charge in [-0.1, -0.05) is 30.3 Å². The van der Waals surface area contributed by atoms with E-state index in [-0.39, 0.29) is 12.0 Å². The van der Waals surface area contributed by atoms with Crippen molar-refractivity contribution < 1.29 is 15.3 Å². The minimum atomic E-state index is -1.58. The van der Waals surface area contributed by atoms with Crippen LogP contribution in [0.3, 0.4) is 0 Å². The van der Waals surface area contributed by atoms with Gasteiger partial charge in [-0.3, -0.25) is 0 Å². The largest absolute Gasteiger partial charge is 0.393 e. The zero-order valence-corrected chi connectivity index (χ0v) is 11.2. The lowest BCUT2D eigenvalue weighted by molar-refractivity contribution is -0.125. The molecule has 0 amide bonds. The molecule has 1 saturated carbocycles. The first-order chi connectivity index (χ1) is 9.05. The Kier molecular flexibility index (Phi) is 4.97. The van der Waals surface area contributed by atoms with Gasteiger partial charge in [0.2, 0.25) is 0 Å². The van der Waals surface area contributed by atoms with Crippen LogP contribution < -0.4 is 0 Å². The molecule has 2 rings (SSSR count). The number of hydrogen-bond acceptors (Lipinski definition) is 3. The average molecular weight is 263 g/mol. The van der Waals surface area contributed by atoms with Crippen molar-refractivity contribution in [2.24, 2.45) is 5.92 Å². The van der Waals surface area contributed by atoms with E-state index in [9.17, 15) is 15.3 Å². The molecular weight excluding hydrogens is 240 g/mol. The molecule has 0 aromatic heterocycles. The molecule has 1 aliphatic carbocycles. The van der Waals surface area contributed by atoms with Crippen LogP contribution in [0.15, 0.2) is 30.3 Å². The Morgan fingerprint density at radius 1 is 1.16 bits per heavy atom. The van der Waals surface area contributed by atoms with Gasteiger partial charge in [-0.2, -0.15) is 0 Å². The Hall–Kier alpha value is -0.900. The number of hydrogen-bond donors (Lipinski definition) is 3. The lowest BCUT2D eigenvalue weighted by Crippen LogP contribution is -2.24. The highest BCUT2D eigenvalue weighted by Gasteiger charge is 2.35. The van der Waals surface area contributed by atoms with Crippen molar-refractivity contribution in [2.45, 2.75) is 50.4 Å². The molecule has 0 saturated heterocycles. The molecule has 0 heterocycles. The van der Waals surface area contributed by atoms with Gasteiger partial charge < -0.3 is 15.3 Å². The van der Waals surface area contributed by atoms with Crippen LogP contribution in [0.5, 0.6) is 0 Å². The number of aryl methyl sites for hydroxylation is 1. The van der Waals surface area contributed by atoms with Gasteiger partial charge in [0.25, 0.3) is 0 Å². The predicted octanol–water partition coefficient (Wildman–Crippen LogP) is 2.06. The summed E-state index contributed by atoms with van der Waals surface area (Å²) in [5.74, 6) is -1.36. The second-order valence-electron chi connectivity index (χ2n) is 5.60. The number of aliphatic hydroxyl groups excluding tert-OH is 1. The van der Waals surface area contributed by atoms with Gasteiger partial charge in [0, 0.05) is 12.8 Å². The van der Waals surface area contributed by atoms with Gasteiger partial charge in [0.15, 0.2) is 5.79 Å². The quantitative estimate of drug-likeness (QED) is 0.688. The molecule has 0 bridgehead atoms. The van der Waals surface area contributed by atoms with Crippen LogP contribution in [0.2, 0.25) is 0 Å². The summed E-state index contributed by atoms with van der Waals surface area (Å²) in [7, 11) is 0. The molecule has 3 N–H and O–H groups in total. The third-order valence-electron chi connectivity index (χ3n) is 3.87. The Morgan fingerprint density at radius 3 is 2.53 bits per heavy atom. The first kappa shape index (κ1) is 14.5. The van der Waals surface area contributed by atoms with Crippen LogP contribution in [0.4, 0.5) is 0 Å². The monoisotopic (exact) mass is 263 g/mol. The second kappa shape index (κ2) is 6.51. The van der Waals surface area contributed by atoms with Crippen LogP contribution in [-0.4, -0.2) is 27.2 Å². The van der Waals surface area contributed by atoms with E-state index in [4.69, 9.17) is 0 Å². The molecule has 3 heteroatoms. The molecule has 1 fully saturated rings. The molecule has 1 unspecified atom stereocenters. The SMILES string of the molecule is O[C@@H](CCc1ccccc1)CCC1[CH]C(O)(O)CC1. The maximum absolute atomic E-state index is 9.96. The number of benzene rings is 1. The minimum Gasteiger partial charge on any atom is -0.393 e. The maximum Gasteiger partial charge on any atom is 0.166 e. The van der Waals surface area contributed by atoms with Gasteiger partial charge in [0.1, 0.15) is 0 Å². The molecule has 105 valence electrons. The van der Waals surface area contributed by atoms with Crippen LogP contribution in [0.25, 0.3) is 0 Å². The fourth-order valence-corrected chi connectivity index (χ4v) is 2.70. The smallest absolute Gasteiger partial charge is 0.166 e. The molecule has 1 aromatic rings. The molecule has 1 aliphatic rings. The number of aliphatic hydroxyl groups is 3. The van der Waals surface area contributed by atoms with E-state index in [1.54, 1.807) is 6.42 Å². The van der Waals surface area contributed by atoms with Crippen molar-refractivity contribution >= 4 is 0 Å². The van der Waals surface area contributed by atoms with E-state index in [0.29, 0.717) is 6.42 Å². The highest BCUT2D eigenvalue weighted by molar-refractivity contribution is 5.14. The summed E-state index contributed by atoms with van der Waals surface area (Å²) in [5.41, 5.74) is 1.25. The van der Waals surface area contributed by atoms with E-state index in [1.807, 2.05) is 18.2 Å². The van der Waals surface area contributed by atoms with Gasteiger partial charge >= 0.3 is 0 Å². The van der Waals surface area contributed by atoms with Crippen molar-refractivity contribution in [2.75, 3.05) is 0 Å². The molecule has 19 heavy (non-hydrogen) atoms. The predicted molar refractivity (Wildman–Crippen MR) is 74.2 cm³/mol. The lowest BCUT2D eigenvalue weighted by atomic mass is 9.96. The fraction of sp³-hybridized carbons (Fsp3) is 0.562. The van der Waals surface area contributed by atoms with Crippen molar-refractivity contribution in [1.82, 2.24) is 0 Å². The highest BCUT2D eigenvalue weighted by Crippen LogP contribution is 2.34. The van der Waals surface area contributed by atoms with Gasteiger partial charge in [0.05, 0.1) is 6.10 Å². The normalized spacial score (nSPS) is 23.4. The molecule has 2 atom stereocenters. The van der Waals surface area contributed by atoms with Gasteiger partial charge in [-0.05, 0) is 43.6 Å². The van der Waals surface area contributed by atoms with Crippen molar-refractivity contribution in [1.29, 1.82) is 0 Å². The van der Waals surface area contributed by atoms with E-state index >= 15 is 0 Å². The van der Waals surface area contributed by atoms with Gasteiger partial charge in [-0.25, -0.2) is 0 Å². The summed E-state index contributed by atoms with van der Waals surface area (Å²) in [5, 5.41) is 28.8. The molecule has 1 radical (unpaired) electrons. The zero-order chi connectivity index (χ0) is 13.7. The fourth-order valence-electron chi connectivity index (χ4n) is 2.70. The minimum absolute atomic E-state index is 0.223.